The summed E-state index contributed by atoms with van der Waals surface area (Å²) >= 11 is 0. The first-order valence-electron chi connectivity index (χ1n) is 10.6. The molecule has 0 fully saturated rings. The topological polar surface area (TPSA) is 36.4 Å². The van der Waals surface area contributed by atoms with E-state index in [4.69, 9.17) is 0 Å². The molecule has 4 rings (SSSR count). The highest BCUT2D eigenvalue weighted by Gasteiger charge is 2.28. The number of benzene rings is 2. The van der Waals surface area contributed by atoms with Crippen molar-refractivity contribution >= 4 is 11.6 Å². The Morgan fingerprint density at radius 3 is 2.57 bits per heavy atom. The van der Waals surface area contributed by atoms with E-state index in [0.29, 0.717) is 12.3 Å². The van der Waals surface area contributed by atoms with Crippen LogP contribution in [0.4, 0.5) is 5.69 Å². The molecule has 154 valence electrons. The fourth-order valence-corrected chi connectivity index (χ4v) is 4.34. The van der Waals surface area contributed by atoms with Crippen molar-refractivity contribution < 1.29 is 4.79 Å². The third-order valence-electron chi connectivity index (χ3n) is 5.73. The maximum Gasteiger partial charge on any atom is 0.227 e. The van der Waals surface area contributed by atoms with Crippen LogP contribution in [-0.4, -0.2) is 43.0 Å². The van der Waals surface area contributed by atoms with Gasteiger partial charge in [-0.25, -0.2) is 0 Å². The molecule has 1 aliphatic rings. The Morgan fingerprint density at radius 2 is 1.83 bits per heavy atom. The molecule has 0 saturated heterocycles. The smallest absolute Gasteiger partial charge is 0.227 e. The molecule has 1 aromatic heterocycles. The molecule has 30 heavy (non-hydrogen) atoms. The number of aromatic nitrogens is 1. The number of aryl methyl sites for hydroxylation is 1. The second kappa shape index (κ2) is 9.23. The number of carbonyl (C=O) groups excluding carboxylic acids is 1. The van der Waals surface area contributed by atoms with E-state index < -0.39 is 0 Å². The minimum atomic E-state index is 0.210. The van der Waals surface area contributed by atoms with Crippen LogP contribution in [0.15, 0.2) is 73.1 Å². The second-order valence-corrected chi connectivity index (χ2v) is 8.40. The van der Waals surface area contributed by atoms with Crippen molar-refractivity contribution in [1.29, 1.82) is 0 Å². The molecule has 1 aliphatic heterocycles. The van der Waals surface area contributed by atoms with Gasteiger partial charge in [0.05, 0.1) is 0 Å². The summed E-state index contributed by atoms with van der Waals surface area (Å²) in [6.45, 7) is 1.79. The number of pyridine rings is 1. The largest absolute Gasteiger partial charge is 0.312 e. The predicted molar refractivity (Wildman–Crippen MR) is 123 cm³/mol. The number of para-hydroxylation sites is 1. The van der Waals surface area contributed by atoms with E-state index in [0.717, 1.165) is 42.7 Å². The number of fused-ring (bicyclic) bond motifs is 1. The summed E-state index contributed by atoms with van der Waals surface area (Å²) in [4.78, 5) is 21.6. The molecule has 0 saturated carbocycles. The first kappa shape index (κ1) is 20.3. The van der Waals surface area contributed by atoms with Gasteiger partial charge in [0, 0.05) is 37.6 Å². The Kier molecular flexibility index (Phi) is 6.24. The van der Waals surface area contributed by atoms with Crippen LogP contribution in [0, 0.1) is 5.92 Å². The van der Waals surface area contributed by atoms with Crippen molar-refractivity contribution in [1.82, 2.24) is 9.88 Å². The lowest BCUT2D eigenvalue weighted by Gasteiger charge is -2.36. The number of carbonyl (C=O) groups is 1. The molecule has 3 aromatic rings. The van der Waals surface area contributed by atoms with Gasteiger partial charge < -0.3 is 9.80 Å². The Balaban J connectivity index is 1.43. The highest BCUT2D eigenvalue weighted by atomic mass is 16.2. The number of rotatable bonds is 6. The van der Waals surface area contributed by atoms with Gasteiger partial charge >= 0.3 is 0 Å². The van der Waals surface area contributed by atoms with E-state index in [1.165, 1.54) is 11.1 Å². The quantitative estimate of drug-likeness (QED) is 0.614. The minimum absolute atomic E-state index is 0.210. The average molecular weight is 400 g/mol. The number of anilines is 1. The van der Waals surface area contributed by atoms with Gasteiger partial charge in [0.1, 0.15) is 0 Å². The predicted octanol–water partition coefficient (Wildman–Crippen LogP) is 4.45. The van der Waals surface area contributed by atoms with Gasteiger partial charge in [0.2, 0.25) is 5.91 Å². The molecule has 1 atom stereocenters. The monoisotopic (exact) mass is 399 g/mol. The van der Waals surface area contributed by atoms with Crippen LogP contribution < -0.4 is 4.90 Å². The summed E-state index contributed by atoms with van der Waals surface area (Å²) in [5.41, 5.74) is 5.81. The molecule has 2 heterocycles. The first-order valence-corrected chi connectivity index (χ1v) is 10.6. The Morgan fingerprint density at radius 1 is 1.03 bits per heavy atom. The van der Waals surface area contributed by atoms with Crippen molar-refractivity contribution in [3.05, 3.63) is 84.2 Å². The zero-order chi connectivity index (χ0) is 20.9. The van der Waals surface area contributed by atoms with Crippen LogP contribution in [-0.2, 0) is 17.6 Å². The summed E-state index contributed by atoms with van der Waals surface area (Å²) in [6, 6.07) is 20.8. The lowest BCUT2D eigenvalue weighted by molar-refractivity contribution is -0.118. The van der Waals surface area contributed by atoms with Crippen LogP contribution >= 0.6 is 0 Å². The van der Waals surface area contributed by atoms with E-state index in [9.17, 15) is 4.79 Å². The van der Waals surface area contributed by atoms with Crippen LogP contribution in [0.1, 0.15) is 17.5 Å². The normalized spacial score (nSPS) is 15.8. The van der Waals surface area contributed by atoms with Gasteiger partial charge in [-0.2, -0.15) is 0 Å². The highest BCUT2D eigenvalue weighted by Crippen LogP contribution is 2.30. The molecule has 4 heteroatoms. The van der Waals surface area contributed by atoms with E-state index in [2.05, 4.69) is 72.5 Å². The lowest BCUT2D eigenvalue weighted by Crippen LogP contribution is -2.43. The van der Waals surface area contributed by atoms with E-state index >= 15 is 0 Å². The number of amides is 1. The molecule has 4 nitrogen and oxygen atoms in total. The van der Waals surface area contributed by atoms with E-state index in [-0.39, 0.29) is 5.91 Å². The average Bonchev–Trinajstić information content (AvgIpc) is 2.77. The van der Waals surface area contributed by atoms with Crippen LogP contribution in [0.25, 0.3) is 11.1 Å². The summed E-state index contributed by atoms with van der Waals surface area (Å²) in [5, 5.41) is 0. The van der Waals surface area contributed by atoms with E-state index in [1.54, 1.807) is 6.20 Å². The van der Waals surface area contributed by atoms with Crippen molar-refractivity contribution in [3.63, 3.8) is 0 Å². The molecule has 0 aliphatic carbocycles. The molecule has 0 spiro atoms. The van der Waals surface area contributed by atoms with Crippen LogP contribution in [0.2, 0.25) is 0 Å². The van der Waals surface area contributed by atoms with Gasteiger partial charge in [-0.05, 0) is 67.2 Å². The van der Waals surface area contributed by atoms with Crippen molar-refractivity contribution in [2.45, 2.75) is 19.3 Å². The first-order chi connectivity index (χ1) is 14.6. The summed E-state index contributed by atoms with van der Waals surface area (Å²) in [7, 11) is 4.20. The SMILES string of the molecule is CN(C)CC1Cc2ccccc2N(C(=O)CCc2ccc(-c3cccnc3)cc2)C1. The third-order valence-corrected chi connectivity index (χ3v) is 5.73. The molecule has 0 bridgehead atoms. The van der Waals surface area contributed by atoms with Gasteiger partial charge in [0.25, 0.3) is 0 Å². The molecular weight excluding hydrogens is 370 g/mol. The maximum absolute atomic E-state index is 13.2. The minimum Gasteiger partial charge on any atom is -0.312 e. The standard InChI is InChI=1S/C26H29N3O/c1-28(2)18-21-16-23-6-3-4-8-25(23)29(19-21)26(30)14-11-20-9-12-22(13-10-20)24-7-5-15-27-17-24/h3-10,12-13,15,17,21H,11,14,16,18-19H2,1-2H3. The number of nitrogens with zero attached hydrogens (tertiary/aromatic N) is 3. The molecule has 1 amide bonds. The Hall–Kier alpha value is -2.98. The third kappa shape index (κ3) is 4.77. The maximum atomic E-state index is 13.2. The van der Waals surface area contributed by atoms with Crippen LogP contribution in [0.3, 0.4) is 0 Å². The van der Waals surface area contributed by atoms with Gasteiger partial charge in [-0.3, -0.25) is 9.78 Å². The zero-order valence-electron chi connectivity index (χ0n) is 17.8. The molecule has 0 radical (unpaired) electrons. The molecule has 0 N–H and O–H groups in total. The van der Waals surface area contributed by atoms with Gasteiger partial charge in [0.15, 0.2) is 0 Å². The van der Waals surface area contributed by atoms with Crippen molar-refractivity contribution in [2.75, 3.05) is 32.1 Å². The van der Waals surface area contributed by atoms with Gasteiger partial charge in [-0.15, -0.1) is 0 Å². The number of hydrogen-bond donors (Lipinski definition) is 0. The second-order valence-electron chi connectivity index (χ2n) is 8.40. The van der Waals surface area contributed by atoms with Crippen LogP contribution in [0.5, 0.6) is 0 Å². The fourth-order valence-electron chi connectivity index (χ4n) is 4.34. The summed E-state index contributed by atoms with van der Waals surface area (Å²) in [5.74, 6) is 0.680. The molecule has 2 aromatic carbocycles. The van der Waals surface area contributed by atoms with Crippen molar-refractivity contribution in [3.8, 4) is 11.1 Å². The summed E-state index contributed by atoms with van der Waals surface area (Å²) < 4.78 is 0. The molecular formula is C26H29N3O. The Labute approximate surface area is 179 Å². The summed E-state index contributed by atoms with van der Waals surface area (Å²) in [6.07, 6.45) is 5.97. The van der Waals surface area contributed by atoms with Crippen molar-refractivity contribution in [2.24, 2.45) is 5.92 Å². The Bertz CT molecular complexity index is 983. The van der Waals surface area contributed by atoms with Gasteiger partial charge in [-0.1, -0.05) is 48.5 Å². The lowest BCUT2D eigenvalue weighted by atomic mass is 9.91. The highest BCUT2D eigenvalue weighted by molar-refractivity contribution is 5.94. The number of hydrogen-bond acceptors (Lipinski definition) is 3. The fraction of sp³-hybridized carbons (Fsp3) is 0.308. The zero-order valence-corrected chi connectivity index (χ0v) is 17.8. The van der Waals surface area contributed by atoms with E-state index in [1.807, 2.05) is 23.2 Å². The molecule has 1 unspecified atom stereocenters.